The molecule has 0 aromatic rings. The summed E-state index contributed by atoms with van der Waals surface area (Å²) in [5.41, 5.74) is 0. The first kappa shape index (κ1) is 64.5. The number of hydrogen-bond acceptors (Lipinski definition) is 21. The molecule has 0 saturated carbocycles. The fraction of sp³-hybridized carbons (Fsp3) is 0.717. The smallest absolute Gasteiger partial charge is 0.320 e. The van der Waals surface area contributed by atoms with Crippen molar-refractivity contribution in [3.8, 4) is 0 Å². The van der Waals surface area contributed by atoms with Crippen LogP contribution < -0.4 is 10.6 Å². The van der Waals surface area contributed by atoms with Gasteiger partial charge in [0.05, 0.1) is 59.2 Å². The highest BCUT2D eigenvalue weighted by molar-refractivity contribution is 9.09. The number of amides is 2. The summed E-state index contributed by atoms with van der Waals surface area (Å²) < 4.78 is 47.2. The van der Waals surface area contributed by atoms with Crippen LogP contribution in [-0.2, 0) is 100 Å². The standard InChI is InChI=1S/C10H16O4.C9H14O5.C8H12N2O2.C8H10O4.C7H12O4.C4H7BrO2/c1-13-9(11)7-5-3-4-6-8-10(12)14-2;1-3-13-8(11)7(5-6-10)9(12)14-4-2;11-7-3-1-5(9-7)6-2-4-8(12)10-6;9-7-3-1-5(11-7)6-2-4-8(10)12-6;1-3-10-6(8)5-7(9)11-4-2;5-3-4-6-1-2-7-4/h3-4H,5-8H2,1-2H3;6-7H,3-5H2,1-2H3;5-6H,1-4H2,(H,9,11)(H,10,12);5-6H,1-4H2;3-5H2,1-2H3;4H,1-3H2/b4-3+;;;;;. The van der Waals surface area contributed by atoms with E-state index >= 15 is 0 Å². The van der Waals surface area contributed by atoms with Crippen LogP contribution in [0.1, 0.15) is 118 Å². The van der Waals surface area contributed by atoms with Crippen LogP contribution in [0.2, 0.25) is 0 Å². The lowest BCUT2D eigenvalue weighted by atomic mass is 10.1. The average Bonchev–Trinajstić information content (AvgIpc) is 4.21. The molecule has 0 radical (unpaired) electrons. The van der Waals surface area contributed by atoms with Crippen molar-refractivity contribution in [3.63, 3.8) is 0 Å². The third-order valence-electron chi connectivity index (χ3n) is 9.63. The van der Waals surface area contributed by atoms with Crippen molar-refractivity contribution in [2.75, 3.05) is 59.2 Å². The molecule has 4 unspecified atom stereocenters. The number of rotatable bonds is 19. The summed E-state index contributed by atoms with van der Waals surface area (Å²) in [5, 5.41) is 6.51. The second kappa shape index (κ2) is 40.3. The van der Waals surface area contributed by atoms with Gasteiger partial charge in [0.2, 0.25) is 11.8 Å². The summed E-state index contributed by atoms with van der Waals surface area (Å²) in [4.78, 5) is 118. The Balaban J connectivity index is 0.000000823. The summed E-state index contributed by atoms with van der Waals surface area (Å²) in [7, 11) is 2.73. The van der Waals surface area contributed by atoms with E-state index in [0.29, 0.717) is 70.5 Å². The number of nitrogens with one attached hydrogen (secondary N) is 2. The number of alkyl halides is 1. The van der Waals surface area contributed by atoms with E-state index in [1.807, 2.05) is 12.2 Å². The quantitative estimate of drug-likeness (QED) is 0.0469. The van der Waals surface area contributed by atoms with Gasteiger partial charge in [-0.15, -0.1) is 0 Å². The van der Waals surface area contributed by atoms with Crippen molar-refractivity contribution in [1.82, 2.24) is 10.6 Å². The lowest BCUT2D eigenvalue weighted by molar-refractivity contribution is -0.162. The van der Waals surface area contributed by atoms with Gasteiger partial charge in [-0.2, -0.15) is 0 Å². The Morgan fingerprint density at radius 1 is 0.614 bits per heavy atom. The number of aldehydes is 1. The fourth-order valence-electron chi connectivity index (χ4n) is 6.25. The van der Waals surface area contributed by atoms with Gasteiger partial charge in [0.1, 0.15) is 24.9 Å². The van der Waals surface area contributed by atoms with E-state index in [4.69, 9.17) is 18.9 Å². The molecular formula is C46H71BrN2O21. The summed E-state index contributed by atoms with van der Waals surface area (Å²) in [5.74, 6) is -4.18. The maximum absolute atomic E-state index is 11.2. The van der Waals surface area contributed by atoms with E-state index in [1.165, 1.54) is 14.2 Å². The summed E-state index contributed by atoms with van der Waals surface area (Å²) >= 11 is 3.23. The number of hydrogen-bond donors (Lipinski definition) is 2. The van der Waals surface area contributed by atoms with Gasteiger partial charge in [0.25, 0.3) is 0 Å². The molecule has 0 spiro atoms. The normalized spacial score (nSPS) is 19.7. The van der Waals surface area contributed by atoms with Gasteiger partial charge in [-0.25, -0.2) is 0 Å². The van der Waals surface area contributed by atoms with Gasteiger partial charge >= 0.3 is 47.8 Å². The lowest BCUT2D eigenvalue weighted by Gasteiger charge is -2.17. The lowest BCUT2D eigenvalue weighted by Crippen LogP contribution is -2.43. The maximum Gasteiger partial charge on any atom is 0.320 e. The SMILES string of the molecule is BrCC1OCCO1.CCOC(=O)C(CC=O)C(=O)OCC.CCOC(=O)CC(=O)OCC.COC(=O)CC/C=C/CCC(=O)OC.O=C1CCC(C2CCC(=O)N2)N1.O=C1CCC(C2CCC(=O)O2)O1. The Kier molecular flexibility index (Phi) is 37.1. The van der Waals surface area contributed by atoms with Crippen LogP contribution in [0.3, 0.4) is 0 Å². The van der Waals surface area contributed by atoms with Gasteiger partial charge in [0, 0.05) is 57.0 Å². The van der Waals surface area contributed by atoms with Crippen molar-refractivity contribution in [3.05, 3.63) is 12.2 Å². The van der Waals surface area contributed by atoms with E-state index in [1.54, 1.807) is 27.7 Å². The number of carbonyl (C=O) groups excluding carboxylic acids is 11. The maximum atomic E-state index is 11.2. The van der Waals surface area contributed by atoms with Gasteiger partial charge in [0.15, 0.2) is 12.2 Å². The molecule has 5 heterocycles. The molecule has 5 aliphatic rings. The van der Waals surface area contributed by atoms with Crippen LogP contribution in [0.15, 0.2) is 12.2 Å². The van der Waals surface area contributed by atoms with Crippen LogP contribution in [0.5, 0.6) is 0 Å². The van der Waals surface area contributed by atoms with Crippen molar-refractivity contribution in [1.29, 1.82) is 0 Å². The summed E-state index contributed by atoms with van der Waals surface area (Å²) in [6.07, 6.45) is 10.7. The van der Waals surface area contributed by atoms with Crippen LogP contribution in [0.25, 0.3) is 0 Å². The molecule has 70 heavy (non-hydrogen) atoms. The molecule has 5 rings (SSSR count). The molecule has 24 heteroatoms. The largest absolute Gasteiger partial charge is 0.469 e. The Bertz CT molecular complexity index is 1520. The number of cyclic esters (lactones) is 2. The summed E-state index contributed by atoms with van der Waals surface area (Å²) in [6.45, 7) is 9.04. The Hall–Kier alpha value is -5.49. The second-order valence-electron chi connectivity index (χ2n) is 14.8. The summed E-state index contributed by atoms with van der Waals surface area (Å²) in [6, 6.07) is 0.368. The predicted octanol–water partition coefficient (Wildman–Crippen LogP) is 2.96. The van der Waals surface area contributed by atoms with E-state index in [0.717, 1.165) is 31.4 Å². The highest BCUT2D eigenvalue weighted by Gasteiger charge is 2.37. The van der Waals surface area contributed by atoms with Crippen LogP contribution in [-0.4, -0.2) is 156 Å². The molecule has 5 saturated heterocycles. The van der Waals surface area contributed by atoms with Gasteiger partial charge in [-0.1, -0.05) is 28.1 Å². The molecule has 398 valence electrons. The second-order valence-corrected chi connectivity index (χ2v) is 15.5. The molecule has 0 aromatic carbocycles. The number of esters is 8. The van der Waals surface area contributed by atoms with E-state index in [-0.39, 0.29) is 106 Å². The third kappa shape index (κ3) is 30.9. The molecule has 4 atom stereocenters. The van der Waals surface area contributed by atoms with Crippen LogP contribution >= 0.6 is 15.9 Å². The zero-order chi connectivity index (χ0) is 52.7. The molecule has 0 aromatic heterocycles. The number of allylic oxidation sites excluding steroid dienone is 2. The Labute approximate surface area is 416 Å². The topological polar surface area (TPSA) is 304 Å². The van der Waals surface area contributed by atoms with Crippen molar-refractivity contribution in [2.45, 2.75) is 148 Å². The average molecular weight is 1070 g/mol. The minimum Gasteiger partial charge on any atom is -0.469 e. The fourth-order valence-corrected chi connectivity index (χ4v) is 6.62. The first-order chi connectivity index (χ1) is 33.5. The molecule has 5 fully saturated rings. The van der Waals surface area contributed by atoms with Gasteiger partial charge in [-0.05, 0) is 66.2 Å². The first-order valence-electron chi connectivity index (χ1n) is 23.2. The number of carbonyl (C=O) groups is 11. The molecule has 2 N–H and O–H groups in total. The van der Waals surface area contributed by atoms with Crippen LogP contribution in [0.4, 0.5) is 0 Å². The minimum atomic E-state index is -1.12. The molecule has 0 aliphatic carbocycles. The van der Waals surface area contributed by atoms with Crippen molar-refractivity contribution in [2.24, 2.45) is 5.92 Å². The highest BCUT2D eigenvalue weighted by Crippen LogP contribution is 2.26. The van der Waals surface area contributed by atoms with E-state index in [2.05, 4.69) is 55.0 Å². The van der Waals surface area contributed by atoms with E-state index in [9.17, 15) is 52.7 Å². The monoisotopic (exact) mass is 1070 g/mol. The molecular weight excluding hydrogens is 996 g/mol. The molecule has 5 aliphatic heterocycles. The highest BCUT2D eigenvalue weighted by atomic mass is 79.9. The van der Waals surface area contributed by atoms with E-state index < -0.39 is 29.8 Å². The number of halogens is 1. The molecule has 2 amide bonds. The Morgan fingerprint density at radius 3 is 1.29 bits per heavy atom. The number of ether oxygens (including phenoxy) is 10. The minimum absolute atomic E-state index is 0.0139. The number of methoxy groups -OCH3 is 2. The van der Waals surface area contributed by atoms with Crippen molar-refractivity contribution < 1.29 is 100 Å². The first-order valence-corrected chi connectivity index (χ1v) is 24.3. The van der Waals surface area contributed by atoms with Crippen LogP contribution in [0, 0.1) is 5.92 Å². The van der Waals surface area contributed by atoms with Crippen molar-refractivity contribution >= 4 is 81.8 Å². The van der Waals surface area contributed by atoms with Gasteiger partial charge < -0.3 is 62.8 Å². The molecule has 23 nitrogen and oxygen atoms in total. The predicted molar refractivity (Wildman–Crippen MR) is 247 cm³/mol. The third-order valence-corrected chi connectivity index (χ3v) is 10.2. The van der Waals surface area contributed by atoms with Gasteiger partial charge in [-0.3, -0.25) is 47.9 Å². The Morgan fingerprint density at radius 2 is 1.01 bits per heavy atom. The zero-order valence-corrected chi connectivity index (χ0v) is 42.6. The molecule has 0 bridgehead atoms. The zero-order valence-electron chi connectivity index (χ0n) is 41.0.